The first kappa shape index (κ1) is 15.1. The van der Waals surface area contributed by atoms with Crippen LogP contribution in [0.4, 0.5) is 13.2 Å². The van der Waals surface area contributed by atoms with Gasteiger partial charge in [-0.25, -0.2) is 0 Å². The molecule has 0 bridgehead atoms. The van der Waals surface area contributed by atoms with Crippen molar-refractivity contribution in [3.63, 3.8) is 0 Å². The van der Waals surface area contributed by atoms with Gasteiger partial charge in [0.25, 0.3) is 0 Å². The number of aromatic nitrogens is 2. The minimum absolute atomic E-state index is 0.113. The van der Waals surface area contributed by atoms with Gasteiger partial charge in [-0.2, -0.15) is 5.10 Å². The number of hydrogen-bond donors (Lipinski definition) is 0. The number of rotatable bonds is 4. The van der Waals surface area contributed by atoms with Gasteiger partial charge in [-0.15, -0.1) is 13.2 Å². The third-order valence-electron chi connectivity index (χ3n) is 2.86. The van der Waals surface area contributed by atoms with Crippen LogP contribution in [0.1, 0.15) is 28.7 Å². The fourth-order valence-corrected chi connectivity index (χ4v) is 1.89. The molecule has 0 radical (unpaired) electrons. The molecular formula is C14H13F3N2O2. The Morgan fingerprint density at radius 1 is 1.33 bits per heavy atom. The van der Waals surface area contributed by atoms with Crippen molar-refractivity contribution >= 4 is 5.78 Å². The molecule has 0 amide bonds. The molecule has 0 saturated carbocycles. The molecule has 7 heteroatoms. The van der Waals surface area contributed by atoms with E-state index in [1.165, 1.54) is 16.8 Å². The Kier molecular flexibility index (Phi) is 4.02. The van der Waals surface area contributed by atoms with E-state index in [0.717, 1.165) is 17.8 Å². The van der Waals surface area contributed by atoms with Crippen molar-refractivity contribution in [2.45, 2.75) is 19.7 Å². The maximum absolute atomic E-state index is 12.3. The molecule has 0 fully saturated rings. The van der Waals surface area contributed by atoms with Crippen molar-refractivity contribution in [1.29, 1.82) is 0 Å². The Hall–Kier alpha value is -2.31. The highest BCUT2D eigenvalue weighted by atomic mass is 19.4. The van der Waals surface area contributed by atoms with Crippen LogP contribution in [0.25, 0.3) is 0 Å². The second-order valence-corrected chi connectivity index (χ2v) is 4.40. The maximum atomic E-state index is 12.3. The zero-order chi connectivity index (χ0) is 15.6. The maximum Gasteiger partial charge on any atom is 0.573 e. The van der Waals surface area contributed by atoms with E-state index in [4.69, 9.17) is 0 Å². The van der Waals surface area contributed by atoms with Gasteiger partial charge in [-0.3, -0.25) is 9.48 Å². The number of alkyl halides is 3. The fourth-order valence-electron chi connectivity index (χ4n) is 1.89. The first-order valence-corrected chi connectivity index (χ1v) is 6.23. The molecular weight excluding hydrogens is 285 g/mol. The summed E-state index contributed by atoms with van der Waals surface area (Å²) in [4.78, 5) is 12.3. The standard InChI is InChI=1S/C14H13F3N2O2/c1-3-10-8-12(19(2)18-10)13(20)9-5-4-6-11(7-9)21-14(15,16)17/h4-8H,3H2,1-2H3. The molecule has 0 unspecified atom stereocenters. The van der Waals surface area contributed by atoms with Gasteiger partial charge in [-0.05, 0) is 24.6 Å². The predicted octanol–water partition coefficient (Wildman–Crippen LogP) is 3.11. The molecule has 0 atom stereocenters. The van der Waals surface area contributed by atoms with Crippen molar-refractivity contribution in [1.82, 2.24) is 9.78 Å². The lowest BCUT2D eigenvalue weighted by molar-refractivity contribution is -0.274. The minimum atomic E-state index is -4.79. The number of aryl methyl sites for hydroxylation is 2. The number of ether oxygens (including phenoxy) is 1. The normalized spacial score (nSPS) is 11.5. The van der Waals surface area contributed by atoms with Gasteiger partial charge in [0, 0.05) is 12.6 Å². The lowest BCUT2D eigenvalue weighted by atomic mass is 10.1. The predicted molar refractivity (Wildman–Crippen MR) is 69.1 cm³/mol. The molecule has 0 saturated heterocycles. The Labute approximate surface area is 119 Å². The Bertz CT molecular complexity index is 662. The highest BCUT2D eigenvalue weighted by Crippen LogP contribution is 2.24. The van der Waals surface area contributed by atoms with Crippen LogP contribution in [0.15, 0.2) is 30.3 Å². The summed E-state index contributed by atoms with van der Waals surface area (Å²) in [6, 6.07) is 6.61. The number of benzene rings is 1. The summed E-state index contributed by atoms with van der Waals surface area (Å²) in [5, 5.41) is 4.14. The molecule has 1 aromatic heterocycles. The quantitative estimate of drug-likeness (QED) is 0.815. The van der Waals surface area contributed by atoms with E-state index in [1.807, 2.05) is 6.92 Å². The lowest BCUT2D eigenvalue weighted by Gasteiger charge is -2.09. The van der Waals surface area contributed by atoms with Crippen LogP contribution in [-0.4, -0.2) is 21.9 Å². The summed E-state index contributed by atoms with van der Waals surface area (Å²) in [7, 11) is 1.61. The number of carbonyl (C=O) groups is 1. The topological polar surface area (TPSA) is 44.1 Å². The average molecular weight is 298 g/mol. The van der Waals surface area contributed by atoms with Gasteiger partial charge in [0.05, 0.1) is 5.69 Å². The van der Waals surface area contributed by atoms with Gasteiger partial charge in [0.1, 0.15) is 11.4 Å². The van der Waals surface area contributed by atoms with Gasteiger partial charge in [0.15, 0.2) is 0 Å². The first-order chi connectivity index (χ1) is 9.80. The van der Waals surface area contributed by atoms with Crippen molar-refractivity contribution in [3.8, 4) is 5.75 Å². The Morgan fingerprint density at radius 2 is 2.05 bits per heavy atom. The zero-order valence-electron chi connectivity index (χ0n) is 11.4. The zero-order valence-corrected chi connectivity index (χ0v) is 11.4. The van der Waals surface area contributed by atoms with Crippen molar-refractivity contribution in [2.24, 2.45) is 7.05 Å². The van der Waals surface area contributed by atoms with E-state index in [9.17, 15) is 18.0 Å². The highest BCUT2D eigenvalue weighted by Gasteiger charge is 2.31. The molecule has 0 aliphatic heterocycles. The SMILES string of the molecule is CCc1cc(C(=O)c2cccc(OC(F)(F)F)c2)n(C)n1. The molecule has 0 spiro atoms. The molecule has 1 heterocycles. The van der Waals surface area contributed by atoms with Gasteiger partial charge in [-0.1, -0.05) is 19.1 Å². The van der Waals surface area contributed by atoms with Crippen molar-refractivity contribution in [2.75, 3.05) is 0 Å². The van der Waals surface area contributed by atoms with E-state index in [2.05, 4.69) is 9.84 Å². The number of nitrogens with zero attached hydrogens (tertiary/aromatic N) is 2. The van der Waals surface area contributed by atoms with Crippen molar-refractivity contribution < 1.29 is 22.7 Å². The van der Waals surface area contributed by atoms with Crippen LogP contribution in [0.3, 0.4) is 0 Å². The molecule has 4 nitrogen and oxygen atoms in total. The third kappa shape index (κ3) is 3.62. The van der Waals surface area contributed by atoms with Crippen LogP contribution in [-0.2, 0) is 13.5 Å². The molecule has 21 heavy (non-hydrogen) atoms. The molecule has 0 aliphatic rings. The van der Waals surface area contributed by atoms with Crippen LogP contribution in [0.2, 0.25) is 0 Å². The summed E-state index contributed by atoms with van der Waals surface area (Å²) in [6.45, 7) is 1.90. The Morgan fingerprint density at radius 3 is 2.62 bits per heavy atom. The van der Waals surface area contributed by atoms with Crippen LogP contribution >= 0.6 is 0 Å². The Balaban J connectivity index is 2.31. The van der Waals surface area contributed by atoms with Gasteiger partial charge in [0.2, 0.25) is 5.78 Å². The first-order valence-electron chi connectivity index (χ1n) is 6.23. The second kappa shape index (κ2) is 5.59. The summed E-state index contributed by atoms with van der Waals surface area (Å²) in [6.07, 6.45) is -4.12. The van der Waals surface area contributed by atoms with Crippen LogP contribution < -0.4 is 4.74 Å². The number of hydrogen-bond acceptors (Lipinski definition) is 3. The van der Waals surface area contributed by atoms with E-state index >= 15 is 0 Å². The summed E-state index contributed by atoms with van der Waals surface area (Å²) >= 11 is 0. The molecule has 0 aliphatic carbocycles. The highest BCUT2D eigenvalue weighted by molar-refractivity contribution is 6.08. The second-order valence-electron chi connectivity index (χ2n) is 4.40. The number of ketones is 1. The summed E-state index contributed by atoms with van der Waals surface area (Å²) in [5.74, 6) is -0.830. The number of halogens is 3. The number of carbonyl (C=O) groups excluding carboxylic acids is 1. The molecule has 0 N–H and O–H groups in total. The van der Waals surface area contributed by atoms with Gasteiger partial charge < -0.3 is 4.74 Å². The van der Waals surface area contributed by atoms with Crippen LogP contribution in [0, 0.1) is 0 Å². The van der Waals surface area contributed by atoms with E-state index in [-0.39, 0.29) is 5.56 Å². The van der Waals surface area contributed by atoms with E-state index in [0.29, 0.717) is 12.1 Å². The summed E-state index contributed by atoms with van der Waals surface area (Å²) < 4.78 is 41.8. The minimum Gasteiger partial charge on any atom is -0.406 e. The average Bonchev–Trinajstić information content (AvgIpc) is 2.77. The van der Waals surface area contributed by atoms with E-state index in [1.54, 1.807) is 13.1 Å². The largest absolute Gasteiger partial charge is 0.573 e. The summed E-state index contributed by atoms with van der Waals surface area (Å²) in [5.41, 5.74) is 1.17. The smallest absolute Gasteiger partial charge is 0.406 e. The molecule has 2 rings (SSSR count). The van der Waals surface area contributed by atoms with E-state index < -0.39 is 17.9 Å². The van der Waals surface area contributed by atoms with Gasteiger partial charge >= 0.3 is 6.36 Å². The fraction of sp³-hybridized carbons (Fsp3) is 0.286. The lowest BCUT2D eigenvalue weighted by Crippen LogP contribution is -2.17. The molecule has 1 aromatic carbocycles. The molecule has 2 aromatic rings. The third-order valence-corrected chi connectivity index (χ3v) is 2.86. The van der Waals surface area contributed by atoms with Crippen LogP contribution in [0.5, 0.6) is 5.75 Å². The van der Waals surface area contributed by atoms with Crippen molar-refractivity contribution in [3.05, 3.63) is 47.3 Å². The molecule has 112 valence electrons. The monoisotopic (exact) mass is 298 g/mol.